The summed E-state index contributed by atoms with van der Waals surface area (Å²) in [6.45, 7) is 0. The van der Waals surface area contributed by atoms with Gasteiger partial charge in [0.25, 0.3) is 0 Å². The molecule has 0 spiro atoms. The number of nitrogens with two attached hydrogens (primary N) is 1. The predicted octanol–water partition coefficient (Wildman–Crippen LogP) is 1.25. The van der Waals surface area contributed by atoms with Crippen molar-refractivity contribution in [2.75, 3.05) is 0 Å². The third-order valence-electron chi connectivity index (χ3n) is 2.15. The summed E-state index contributed by atoms with van der Waals surface area (Å²) in [5.41, 5.74) is 6.68. The molecule has 0 atom stereocenters. The standard InChI is InChI=1S/C10H10ClN3O/c1-14-5-7-2-6(3-10(12)15)8(11)4-9(7)13-14/h2,4-5H,3H2,1H3,(H2,12,15). The lowest BCUT2D eigenvalue weighted by Gasteiger charge is -2.00. The van der Waals surface area contributed by atoms with E-state index in [-0.39, 0.29) is 12.3 Å². The Bertz CT molecular complexity index is 533. The second kappa shape index (κ2) is 3.55. The van der Waals surface area contributed by atoms with E-state index in [4.69, 9.17) is 17.3 Å². The Kier molecular flexibility index (Phi) is 2.36. The van der Waals surface area contributed by atoms with Gasteiger partial charge in [0, 0.05) is 23.7 Å². The van der Waals surface area contributed by atoms with Crippen LogP contribution in [0.5, 0.6) is 0 Å². The van der Waals surface area contributed by atoms with Crippen molar-refractivity contribution in [3.63, 3.8) is 0 Å². The number of carbonyl (C=O) groups excluding carboxylic acids is 1. The zero-order valence-electron chi connectivity index (χ0n) is 8.20. The van der Waals surface area contributed by atoms with Crippen LogP contribution in [0.4, 0.5) is 0 Å². The molecule has 78 valence electrons. The van der Waals surface area contributed by atoms with Crippen molar-refractivity contribution in [2.45, 2.75) is 6.42 Å². The van der Waals surface area contributed by atoms with Gasteiger partial charge in [0.15, 0.2) is 0 Å². The Morgan fingerprint density at radius 2 is 2.33 bits per heavy atom. The molecular formula is C10H10ClN3O. The van der Waals surface area contributed by atoms with Gasteiger partial charge in [0.05, 0.1) is 11.9 Å². The summed E-state index contributed by atoms with van der Waals surface area (Å²) < 4.78 is 1.70. The van der Waals surface area contributed by atoms with Crippen molar-refractivity contribution in [3.8, 4) is 0 Å². The first kappa shape index (κ1) is 9.98. The molecule has 0 unspecified atom stereocenters. The molecule has 15 heavy (non-hydrogen) atoms. The highest BCUT2D eigenvalue weighted by atomic mass is 35.5. The van der Waals surface area contributed by atoms with Crippen LogP contribution in [-0.2, 0) is 18.3 Å². The summed E-state index contributed by atoms with van der Waals surface area (Å²) in [6.07, 6.45) is 2.03. The zero-order valence-corrected chi connectivity index (χ0v) is 8.95. The van der Waals surface area contributed by atoms with Gasteiger partial charge in [-0.2, -0.15) is 5.10 Å². The molecule has 2 rings (SSSR count). The third kappa shape index (κ3) is 1.94. The average Bonchev–Trinajstić information content (AvgIpc) is 2.44. The number of halogens is 1. The van der Waals surface area contributed by atoms with Crippen molar-refractivity contribution < 1.29 is 4.79 Å². The van der Waals surface area contributed by atoms with Crippen LogP contribution in [0.25, 0.3) is 10.9 Å². The molecule has 1 amide bonds. The summed E-state index contributed by atoms with van der Waals surface area (Å²) in [4.78, 5) is 10.8. The first-order valence-electron chi connectivity index (χ1n) is 4.46. The van der Waals surface area contributed by atoms with Crippen molar-refractivity contribution >= 4 is 28.4 Å². The van der Waals surface area contributed by atoms with Gasteiger partial charge in [-0.1, -0.05) is 11.6 Å². The van der Waals surface area contributed by atoms with Crippen LogP contribution < -0.4 is 5.73 Å². The van der Waals surface area contributed by atoms with E-state index in [1.807, 2.05) is 19.3 Å². The van der Waals surface area contributed by atoms with Gasteiger partial charge in [0.1, 0.15) is 0 Å². The minimum atomic E-state index is -0.389. The molecular weight excluding hydrogens is 214 g/mol. The number of benzene rings is 1. The van der Waals surface area contributed by atoms with E-state index >= 15 is 0 Å². The molecule has 0 saturated heterocycles. The normalized spacial score (nSPS) is 10.8. The van der Waals surface area contributed by atoms with Crippen molar-refractivity contribution in [1.29, 1.82) is 0 Å². The number of fused-ring (bicyclic) bond motifs is 1. The lowest BCUT2D eigenvalue weighted by molar-refractivity contribution is -0.117. The molecule has 2 aromatic rings. The number of hydrogen-bond donors (Lipinski definition) is 1. The molecule has 0 saturated carbocycles. The van der Waals surface area contributed by atoms with E-state index in [0.29, 0.717) is 5.02 Å². The number of nitrogens with zero attached hydrogens (tertiary/aromatic N) is 2. The van der Waals surface area contributed by atoms with Crippen molar-refractivity contribution in [2.24, 2.45) is 12.8 Å². The molecule has 0 aliphatic heterocycles. The molecule has 4 nitrogen and oxygen atoms in total. The monoisotopic (exact) mass is 223 g/mol. The van der Waals surface area contributed by atoms with Crippen LogP contribution in [0.3, 0.4) is 0 Å². The fourth-order valence-electron chi connectivity index (χ4n) is 1.54. The second-order valence-corrected chi connectivity index (χ2v) is 3.86. The summed E-state index contributed by atoms with van der Waals surface area (Å²) in [6, 6.07) is 3.59. The lowest BCUT2D eigenvalue weighted by atomic mass is 10.1. The number of amides is 1. The molecule has 0 fully saturated rings. The van der Waals surface area contributed by atoms with E-state index in [0.717, 1.165) is 16.5 Å². The fourth-order valence-corrected chi connectivity index (χ4v) is 1.76. The van der Waals surface area contributed by atoms with Crippen molar-refractivity contribution in [1.82, 2.24) is 9.78 Å². The van der Waals surface area contributed by atoms with Gasteiger partial charge in [-0.3, -0.25) is 9.48 Å². The number of primary amides is 1. The van der Waals surface area contributed by atoms with Crippen LogP contribution in [0.15, 0.2) is 18.3 Å². The number of aromatic nitrogens is 2. The Labute approximate surface area is 91.6 Å². The van der Waals surface area contributed by atoms with Crippen LogP contribution in [-0.4, -0.2) is 15.7 Å². The number of carbonyl (C=O) groups is 1. The predicted molar refractivity (Wildman–Crippen MR) is 58.6 cm³/mol. The van der Waals surface area contributed by atoms with Gasteiger partial charge in [-0.05, 0) is 17.7 Å². The SMILES string of the molecule is Cn1cc2cc(CC(N)=O)c(Cl)cc2n1. The molecule has 0 bridgehead atoms. The van der Waals surface area contributed by atoms with Crippen LogP contribution in [0.2, 0.25) is 5.02 Å². The first-order valence-corrected chi connectivity index (χ1v) is 4.84. The molecule has 0 aliphatic rings. The summed E-state index contributed by atoms with van der Waals surface area (Å²) in [7, 11) is 1.83. The van der Waals surface area contributed by atoms with Gasteiger partial charge in [-0.15, -0.1) is 0 Å². The maximum Gasteiger partial charge on any atom is 0.221 e. The van der Waals surface area contributed by atoms with E-state index in [2.05, 4.69) is 5.10 Å². The highest BCUT2D eigenvalue weighted by Gasteiger charge is 2.07. The van der Waals surface area contributed by atoms with Gasteiger partial charge < -0.3 is 5.73 Å². The summed E-state index contributed by atoms with van der Waals surface area (Å²) >= 11 is 6.00. The second-order valence-electron chi connectivity index (χ2n) is 3.45. The largest absolute Gasteiger partial charge is 0.369 e. The molecule has 1 aromatic carbocycles. The van der Waals surface area contributed by atoms with Crippen LogP contribution in [0.1, 0.15) is 5.56 Å². The average molecular weight is 224 g/mol. The quantitative estimate of drug-likeness (QED) is 0.833. The van der Waals surface area contributed by atoms with E-state index in [1.165, 1.54) is 0 Å². The number of hydrogen-bond acceptors (Lipinski definition) is 2. The highest BCUT2D eigenvalue weighted by molar-refractivity contribution is 6.32. The highest BCUT2D eigenvalue weighted by Crippen LogP contribution is 2.23. The Balaban J connectivity index is 2.55. The third-order valence-corrected chi connectivity index (χ3v) is 2.50. The first-order chi connectivity index (χ1) is 7.06. The summed E-state index contributed by atoms with van der Waals surface area (Å²) in [5.74, 6) is -0.389. The topological polar surface area (TPSA) is 60.9 Å². The Morgan fingerprint density at radius 3 is 3.00 bits per heavy atom. The number of rotatable bonds is 2. The zero-order chi connectivity index (χ0) is 11.0. The van der Waals surface area contributed by atoms with Gasteiger partial charge in [-0.25, -0.2) is 0 Å². The molecule has 0 radical (unpaired) electrons. The van der Waals surface area contributed by atoms with Gasteiger partial charge in [0.2, 0.25) is 5.91 Å². The Hall–Kier alpha value is -1.55. The minimum absolute atomic E-state index is 0.156. The minimum Gasteiger partial charge on any atom is -0.369 e. The van der Waals surface area contributed by atoms with E-state index < -0.39 is 0 Å². The van der Waals surface area contributed by atoms with E-state index in [9.17, 15) is 4.79 Å². The van der Waals surface area contributed by atoms with Crippen molar-refractivity contribution in [3.05, 3.63) is 28.9 Å². The van der Waals surface area contributed by atoms with Crippen LogP contribution in [0, 0.1) is 0 Å². The molecule has 0 aliphatic carbocycles. The Morgan fingerprint density at radius 1 is 1.60 bits per heavy atom. The smallest absolute Gasteiger partial charge is 0.221 e. The molecule has 1 heterocycles. The molecule has 5 heteroatoms. The lowest BCUT2D eigenvalue weighted by Crippen LogP contribution is -2.13. The summed E-state index contributed by atoms with van der Waals surface area (Å²) in [5, 5.41) is 5.69. The molecule has 2 N–H and O–H groups in total. The maximum atomic E-state index is 10.8. The van der Waals surface area contributed by atoms with E-state index in [1.54, 1.807) is 10.7 Å². The maximum absolute atomic E-state index is 10.8. The van der Waals surface area contributed by atoms with Crippen LogP contribution >= 0.6 is 11.6 Å². The molecule has 1 aromatic heterocycles. The van der Waals surface area contributed by atoms with Gasteiger partial charge >= 0.3 is 0 Å². The number of aryl methyl sites for hydroxylation is 1. The fraction of sp³-hybridized carbons (Fsp3) is 0.200.